The van der Waals surface area contributed by atoms with E-state index in [9.17, 15) is 4.79 Å². The summed E-state index contributed by atoms with van der Waals surface area (Å²) in [5.41, 5.74) is 1.98. The van der Waals surface area contributed by atoms with Gasteiger partial charge in [-0.3, -0.25) is 4.84 Å². The molecule has 1 spiro atoms. The minimum Gasteiger partial charge on any atom is -0.445 e. The fraction of sp³-hybridized carbons (Fsp3) is 0.391. The highest BCUT2D eigenvalue weighted by molar-refractivity contribution is 5.68. The van der Waals surface area contributed by atoms with Crippen LogP contribution in [0.5, 0.6) is 0 Å². The number of hydroxylamine groups is 1. The molecule has 150 valence electrons. The molecule has 2 bridgehead atoms. The largest absolute Gasteiger partial charge is 0.445 e. The summed E-state index contributed by atoms with van der Waals surface area (Å²) in [5.74, 6) is 0.853. The predicted molar refractivity (Wildman–Crippen MR) is 109 cm³/mol. The van der Waals surface area contributed by atoms with E-state index in [-0.39, 0.29) is 23.7 Å². The van der Waals surface area contributed by atoms with Crippen LogP contribution in [0, 0.1) is 12.3 Å². The number of nitrogens with zero attached hydrogens (tertiary/aromatic N) is 3. The number of ether oxygens (including phenoxy) is 1. The van der Waals surface area contributed by atoms with E-state index in [4.69, 9.17) is 9.57 Å². The Morgan fingerprint density at radius 1 is 1.14 bits per heavy atom. The van der Waals surface area contributed by atoms with E-state index < -0.39 is 0 Å². The zero-order valence-corrected chi connectivity index (χ0v) is 16.5. The number of carbonyl (C=O) groups excluding carboxylic acids is 1. The van der Waals surface area contributed by atoms with Gasteiger partial charge in [-0.25, -0.2) is 14.8 Å². The standard InChI is InChI=1S/C23H25N3O3/c1-17-6-5-9-21(24-17)26-19-10-11-20(29-26)23(19)12-14-25(15-13-23)22(27)28-16-18-7-3-2-4-8-18/h2-11,19-20H,12-16H2,1H3. The summed E-state index contributed by atoms with van der Waals surface area (Å²) < 4.78 is 5.51. The average Bonchev–Trinajstić information content (AvgIpc) is 3.24. The van der Waals surface area contributed by atoms with Crippen LogP contribution >= 0.6 is 0 Å². The highest BCUT2D eigenvalue weighted by Gasteiger charge is 2.58. The Hall–Kier alpha value is -2.86. The van der Waals surface area contributed by atoms with Gasteiger partial charge >= 0.3 is 6.09 Å². The zero-order chi connectivity index (χ0) is 19.8. The van der Waals surface area contributed by atoms with Gasteiger partial charge < -0.3 is 9.64 Å². The molecule has 0 N–H and O–H groups in total. The highest BCUT2D eigenvalue weighted by Crippen LogP contribution is 2.52. The Morgan fingerprint density at radius 3 is 2.69 bits per heavy atom. The van der Waals surface area contributed by atoms with Crippen molar-refractivity contribution in [2.24, 2.45) is 5.41 Å². The molecule has 2 fully saturated rings. The van der Waals surface area contributed by atoms with Crippen molar-refractivity contribution in [3.8, 4) is 0 Å². The summed E-state index contributed by atoms with van der Waals surface area (Å²) in [5, 5.41) is 1.96. The smallest absolute Gasteiger partial charge is 0.410 e. The maximum absolute atomic E-state index is 12.5. The number of amides is 1. The average molecular weight is 391 g/mol. The number of hydrogen-bond acceptors (Lipinski definition) is 5. The molecule has 2 unspecified atom stereocenters. The number of rotatable bonds is 3. The van der Waals surface area contributed by atoms with Crippen molar-refractivity contribution in [2.75, 3.05) is 18.2 Å². The molecule has 2 saturated heterocycles. The van der Waals surface area contributed by atoms with E-state index in [0.29, 0.717) is 19.7 Å². The van der Waals surface area contributed by atoms with Crippen LogP contribution in [0.25, 0.3) is 0 Å². The van der Waals surface area contributed by atoms with Crippen LogP contribution in [0.4, 0.5) is 10.6 Å². The van der Waals surface area contributed by atoms with Crippen molar-refractivity contribution in [2.45, 2.75) is 38.5 Å². The Morgan fingerprint density at radius 2 is 1.93 bits per heavy atom. The number of aromatic nitrogens is 1. The van der Waals surface area contributed by atoms with Gasteiger partial charge in [-0.05, 0) is 37.5 Å². The first-order chi connectivity index (χ1) is 14.2. The molecule has 6 nitrogen and oxygen atoms in total. The number of piperidine rings is 1. The second-order valence-electron chi connectivity index (χ2n) is 8.08. The van der Waals surface area contributed by atoms with E-state index in [1.807, 2.05) is 65.4 Å². The van der Waals surface area contributed by atoms with Gasteiger partial charge in [0.2, 0.25) is 0 Å². The van der Waals surface area contributed by atoms with Crippen molar-refractivity contribution < 1.29 is 14.4 Å². The SMILES string of the molecule is Cc1cccc(N2OC3C=CC2C32CCN(C(=O)OCc3ccccc3)CC2)n1. The first-order valence-corrected chi connectivity index (χ1v) is 10.2. The molecular weight excluding hydrogens is 366 g/mol. The summed E-state index contributed by atoms with van der Waals surface area (Å²) in [6.07, 6.45) is 5.98. The van der Waals surface area contributed by atoms with Crippen molar-refractivity contribution in [3.05, 3.63) is 71.9 Å². The zero-order valence-electron chi connectivity index (χ0n) is 16.5. The Kier molecular flexibility index (Phi) is 4.51. The monoisotopic (exact) mass is 391 g/mol. The Balaban J connectivity index is 1.23. The first-order valence-electron chi connectivity index (χ1n) is 10.2. The van der Waals surface area contributed by atoms with Gasteiger partial charge in [0.25, 0.3) is 0 Å². The lowest BCUT2D eigenvalue weighted by molar-refractivity contribution is 0.0276. The van der Waals surface area contributed by atoms with Crippen LogP contribution < -0.4 is 5.06 Å². The minimum absolute atomic E-state index is 0.00162. The molecule has 5 rings (SSSR count). The lowest BCUT2D eigenvalue weighted by Crippen LogP contribution is -2.49. The Labute approximate surface area is 170 Å². The first kappa shape index (κ1) is 18.2. The van der Waals surface area contributed by atoms with Gasteiger partial charge in [0.05, 0.1) is 6.04 Å². The van der Waals surface area contributed by atoms with Gasteiger partial charge in [-0.2, -0.15) is 0 Å². The summed E-state index contributed by atoms with van der Waals surface area (Å²) in [6.45, 7) is 3.66. The number of aryl methyl sites for hydroxylation is 1. The minimum atomic E-state index is -0.236. The fourth-order valence-electron chi connectivity index (χ4n) is 4.74. The molecule has 29 heavy (non-hydrogen) atoms. The molecule has 3 heterocycles. The molecule has 6 heteroatoms. The van der Waals surface area contributed by atoms with E-state index in [0.717, 1.165) is 29.9 Å². The molecule has 2 aromatic rings. The van der Waals surface area contributed by atoms with Crippen molar-refractivity contribution >= 4 is 11.9 Å². The second kappa shape index (κ2) is 7.19. The quantitative estimate of drug-likeness (QED) is 0.744. The molecule has 2 aliphatic heterocycles. The van der Waals surface area contributed by atoms with Crippen molar-refractivity contribution in [3.63, 3.8) is 0 Å². The summed E-state index contributed by atoms with van der Waals surface area (Å²) in [6, 6.07) is 15.9. The van der Waals surface area contributed by atoms with E-state index in [1.54, 1.807) is 0 Å². The molecule has 3 aliphatic rings. The van der Waals surface area contributed by atoms with Crippen molar-refractivity contribution in [1.29, 1.82) is 0 Å². The molecule has 1 aromatic heterocycles. The molecule has 1 aliphatic carbocycles. The number of likely N-dealkylation sites (tertiary alicyclic amines) is 1. The predicted octanol–water partition coefficient (Wildman–Crippen LogP) is 3.87. The van der Waals surface area contributed by atoms with Gasteiger partial charge in [-0.1, -0.05) is 48.6 Å². The molecule has 2 atom stereocenters. The number of benzene rings is 1. The Bertz CT molecular complexity index is 922. The third-order valence-corrected chi connectivity index (χ3v) is 6.36. The van der Waals surface area contributed by atoms with Crippen LogP contribution in [0.15, 0.2) is 60.7 Å². The third-order valence-electron chi connectivity index (χ3n) is 6.36. The molecule has 1 aromatic carbocycles. The van der Waals surface area contributed by atoms with Crippen LogP contribution in [0.3, 0.4) is 0 Å². The van der Waals surface area contributed by atoms with E-state index in [2.05, 4.69) is 17.1 Å². The molecule has 0 radical (unpaired) electrons. The number of pyridine rings is 1. The van der Waals surface area contributed by atoms with Crippen LogP contribution in [-0.2, 0) is 16.2 Å². The van der Waals surface area contributed by atoms with Gasteiger partial charge in [0.1, 0.15) is 12.7 Å². The van der Waals surface area contributed by atoms with E-state index >= 15 is 0 Å². The maximum Gasteiger partial charge on any atom is 0.410 e. The summed E-state index contributed by atoms with van der Waals surface area (Å²) in [4.78, 5) is 25.2. The lowest BCUT2D eigenvalue weighted by atomic mass is 9.72. The summed E-state index contributed by atoms with van der Waals surface area (Å²) >= 11 is 0. The molecular formula is C23H25N3O3. The fourth-order valence-corrected chi connectivity index (χ4v) is 4.74. The topological polar surface area (TPSA) is 54.9 Å². The van der Waals surface area contributed by atoms with Gasteiger partial charge in [0, 0.05) is 24.2 Å². The molecule has 1 amide bonds. The van der Waals surface area contributed by atoms with E-state index in [1.165, 1.54) is 0 Å². The van der Waals surface area contributed by atoms with Crippen LogP contribution in [-0.4, -0.2) is 41.2 Å². The van der Waals surface area contributed by atoms with Crippen LogP contribution in [0.1, 0.15) is 24.1 Å². The number of carbonyl (C=O) groups is 1. The maximum atomic E-state index is 12.5. The highest BCUT2D eigenvalue weighted by atomic mass is 16.7. The van der Waals surface area contributed by atoms with Gasteiger partial charge in [0.15, 0.2) is 5.82 Å². The van der Waals surface area contributed by atoms with Gasteiger partial charge in [-0.15, -0.1) is 0 Å². The summed E-state index contributed by atoms with van der Waals surface area (Å²) in [7, 11) is 0. The van der Waals surface area contributed by atoms with Crippen LogP contribution in [0.2, 0.25) is 0 Å². The normalized spacial score (nSPS) is 24.3. The van der Waals surface area contributed by atoms with Crippen molar-refractivity contribution in [1.82, 2.24) is 9.88 Å². The third kappa shape index (κ3) is 3.17. The molecule has 0 saturated carbocycles. The lowest BCUT2D eigenvalue weighted by Gasteiger charge is -2.40. The number of hydrogen-bond donors (Lipinski definition) is 0. The number of anilines is 1. The second-order valence-corrected chi connectivity index (χ2v) is 8.08.